The number of hydrogen-bond acceptors (Lipinski definition) is 9. The van der Waals surface area contributed by atoms with Crippen LogP contribution in [-0.4, -0.2) is 117 Å². The maximum atomic E-state index is 8.36. The lowest BCUT2D eigenvalue weighted by atomic mass is 10.7. The van der Waals surface area contributed by atoms with Crippen molar-refractivity contribution < 1.29 is 43.4 Å². The molecule has 154 valence electrons. The molecule has 9 heteroatoms. The van der Waals surface area contributed by atoms with Crippen LogP contribution in [0.15, 0.2) is 0 Å². The van der Waals surface area contributed by atoms with Gasteiger partial charge in [-0.05, 0) is 0 Å². The van der Waals surface area contributed by atoms with Gasteiger partial charge in [-0.3, -0.25) is 0 Å². The lowest BCUT2D eigenvalue weighted by molar-refractivity contribution is 0.00230. The Morgan fingerprint density at radius 1 is 0.400 bits per heavy atom. The number of rotatable bonds is 19. The third kappa shape index (κ3) is 31.9. The van der Waals surface area contributed by atoms with E-state index in [1.165, 1.54) is 0 Å². The maximum Gasteiger partial charge on any atom is 0.0701 e. The molecule has 0 aliphatic heterocycles. The van der Waals surface area contributed by atoms with Crippen molar-refractivity contribution in [1.82, 2.24) is 0 Å². The zero-order valence-electron chi connectivity index (χ0n) is 15.7. The van der Waals surface area contributed by atoms with Gasteiger partial charge in [0.25, 0.3) is 0 Å². The van der Waals surface area contributed by atoms with Gasteiger partial charge < -0.3 is 43.4 Å². The zero-order chi connectivity index (χ0) is 18.8. The molecule has 0 bridgehead atoms. The molecule has 0 aliphatic carbocycles. The summed E-state index contributed by atoms with van der Waals surface area (Å²) in [5.41, 5.74) is 0. The van der Waals surface area contributed by atoms with E-state index >= 15 is 0 Å². The molecule has 2 N–H and O–H groups in total. The van der Waals surface area contributed by atoms with Crippen molar-refractivity contribution in [2.45, 2.75) is 0 Å². The molecule has 0 fully saturated rings. The van der Waals surface area contributed by atoms with Gasteiger partial charge in [-0.15, -0.1) is 0 Å². The lowest BCUT2D eigenvalue weighted by Gasteiger charge is -2.04. The molecule has 0 amide bonds. The first kappa shape index (κ1) is 26.9. The second kappa shape index (κ2) is 28.4. The topological polar surface area (TPSA) is 105 Å². The molecule has 25 heavy (non-hydrogen) atoms. The fourth-order valence-electron chi connectivity index (χ4n) is 1.28. The van der Waals surface area contributed by atoms with Gasteiger partial charge in [-0.2, -0.15) is 0 Å². The van der Waals surface area contributed by atoms with Gasteiger partial charge in [0.2, 0.25) is 0 Å². The van der Waals surface area contributed by atoms with Gasteiger partial charge in [-0.25, -0.2) is 0 Å². The van der Waals surface area contributed by atoms with Crippen LogP contribution in [-0.2, 0) is 33.2 Å². The third-order valence-electron chi connectivity index (χ3n) is 2.45. The first-order valence-electron chi connectivity index (χ1n) is 8.41. The minimum atomic E-state index is 0.0413. The van der Waals surface area contributed by atoms with Crippen LogP contribution < -0.4 is 0 Å². The summed E-state index contributed by atoms with van der Waals surface area (Å²) in [6, 6.07) is 0. The van der Waals surface area contributed by atoms with E-state index in [-0.39, 0.29) is 13.2 Å². The predicted molar refractivity (Wildman–Crippen MR) is 92.0 cm³/mol. The lowest BCUT2D eigenvalue weighted by Crippen LogP contribution is -2.11. The molecule has 0 aliphatic rings. The molecular formula is C16H36O9. The molecule has 0 radical (unpaired) electrons. The summed E-state index contributed by atoms with van der Waals surface area (Å²) in [4.78, 5) is 0. The number of aliphatic hydroxyl groups is 2. The highest BCUT2D eigenvalue weighted by atomic mass is 16.6. The van der Waals surface area contributed by atoms with Gasteiger partial charge in [0.05, 0.1) is 92.5 Å². The van der Waals surface area contributed by atoms with E-state index in [1.807, 2.05) is 0 Å². The third-order valence-corrected chi connectivity index (χ3v) is 2.45. The zero-order valence-corrected chi connectivity index (χ0v) is 15.7. The molecule has 9 nitrogen and oxygen atoms in total. The first-order valence-corrected chi connectivity index (χ1v) is 8.41. The Hall–Kier alpha value is -0.360. The highest BCUT2D eigenvalue weighted by molar-refractivity contribution is 4.33. The summed E-state index contributed by atoms with van der Waals surface area (Å²) in [6.07, 6.45) is 0. The van der Waals surface area contributed by atoms with E-state index in [0.29, 0.717) is 79.3 Å². The highest BCUT2D eigenvalue weighted by Gasteiger charge is 1.90. The fraction of sp³-hybridized carbons (Fsp3) is 1.00. The van der Waals surface area contributed by atoms with Gasteiger partial charge >= 0.3 is 0 Å². The highest BCUT2D eigenvalue weighted by Crippen LogP contribution is 1.81. The molecule has 0 saturated carbocycles. The molecule has 0 aromatic heterocycles. The summed E-state index contributed by atoms with van der Waals surface area (Å²) >= 11 is 0. The van der Waals surface area contributed by atoms with E-state index in [4.69, 9.17) is 43.4 Å². The van der Waals surface area contributed by atoms with Crippen molar-refractivity contribution in [2.24, 2.45) is 0 Å². The molecule has 0 heterocycles. The second-order valence-electron chi connectivity index (χ2n) is 4.49. The summed E-state index contributed by atoms with van der Waals surface area (Å²) in [6.45, 7) is 6.53. The second-order valence-corrected chi connectivity index (χ2v) is 4.49. The van der Waals surface area contributed by atoms with Gasteiger partial charge in [-0.1, -0.05) is 0 Å². The summed E-state index contributed by atoms with van der Waals surface area (Å²) in [7, 11) is 3.30. The van der Waals surface area contributed by atoms with E-state index < -0.39 is 0 Å². The Labute approximate surface area is 151 Å². The average molecular weight is 372 g/mol. The summed E-state index contributed by atoms with van der Waals surface area (Å²) in [5, 5.41) is 16.7. The number of methoxy groups -OCH3 is 2. The van der Waals surface area contributed by atoms with Crippen LogP contribution in [0.3, 0.4) is 0 Å². The molecule has 0 saturated heterocycles. The Morgan fingerprint density at radius 3 is 0.880 bits per heavy atom. The van der Waals surface area contributed by atoms with Crippen LogP contribution in [0.4, 0.5) is 0 Å². The first-order chi connectivity index (χ1) is 12.3. The predicted octanol–water partition coefficient (Wildman–Crippen LogP) is -0.667. The van der Waals surface area contributed by atoms with Crippen molar-refractivity contribution in [3.63, 3.8) is 0 Å². The Kier molecular flexibility index (Phi) is 30.6. The van der Waals surface area contributed by atoms with Crippen LogP contribution in [0.25, 0.3) is 0 Å². The smallest absolute Gasteiger partial charge is 0.0701 e. The Balaban J connectivity index is 0. The van der Waals surface area contributed by atoms with E-state index in [9.17, 15) is 0 Å². The van der Waals surface area contributed by atoms with E-state index in [0.717, 1.165) is 0 Å². The van der Waals surface area contributed by atoms with Gasteiger partial charge in [0.15, 0.2) is 0 Å². The molecule has 0 rings (SSSR count). The minimum Gasteiger partial charge on any atom is -0.394 e. The SMILES string of the molecule is COCCOCCOCCOC.OCCOCCOCCOCCO. The largest absolute Gasteiger partial charge is 0.394 e. The Morgan fingerprint density at radius 2 is 0.640 bits per heavy atom. The number of aliphatic hydroxyl groups excluding tert-OH is 2. The van der Waals surface area contributed by atoms with Crippen LogP contribution in [0.5, 0.6) is 0 Å². The average Bonchev–Trinajstić information content (AvgIpc) is 2.63. The van der Waals surface area contributed by atoms with Crippen LogP contribution >= 0.6 is 0 Å². The minimum absolute atomic E-state index is 0.0413. The number of ether oxygens (including phenoxy) is 7. The standard InChI is InChI=1S/C8H18O5.C8H18O4/c9-1-3-11-5-7-13-8-6-12-4-2-10;1-9-3-5-11-7-8-12-6-4-10-2/h9-10H,1-8H2;3-8H2,1-2H3. The van der Waals surface area contributed by atoms with Crippen molar-refractivity contribution in [3.8, 4) is 0 Å². The summed E-state index contributed by atoms with van der Waals surface area (Å²) < 4.78 is 35.0. The van der Waals surface area contributed by atoms with E-state index in [1.54, 1.807) is 14.2 Å². The van der Waals surface area contributed by atoms with Gasteiger partial charge in [0.1, 0.15) is 0 Å². The molecule has 0 aromatic carbocycles. The van der Waals surface area contributed by atoms with Crippen molar-refractivity contribution in [3.05, 3.63) is 0 Å². The van der Waals surface area contributed by atoms with E-state index in [2.05, 4.69) is 0 Å². The normalized spacial score (nSPS) is 10.6. The van der Waals surface area contributed by atoms with Gasteiger partial charge in [0, 0.05) is 14.2 Å². The molecule has 0 spiro atoms. The quantitative estimate of drug-likeness (QED) is 0.286. The van der Waals surface area contributed by atoms with Crippen molar-refractivity contribution in [1.29, 1.82) is 0 Å². The fourth-order valence-corrected chi connectivity index (χ4v) is 1.28. The monoisotopic (exact) mass is 372 g/mol. The van der Waals surface area contributed by atoms with Crippen LogP contribution in [0, 0.1) is 0 Å². The van der Waals surface area contributed by atoms with Crippen LogP contribution in [0.1, 0.15) is 0 Å². The summed E-state index contributed by atoms with van der Waals surface area (Å²) in [5.74, 6) is 0. The van der Waals surface area contributed by atoms with Crippen molar-refractivity contribution in [2.75, 3.05) is 107 Å². The number of hydrogen-bond donors (Lipinski definition) is 2. The molecule has 0 atom stereocenters. The molecule has 0 aromatic rings. The Bertz CT molecular complexity index is 188. The van der Waals surface area contributed by atoms with Crippen LogP contribution in [0.2, 0.25) is 0 Å². The van der Waals surface area contributed by atoms with Crippen molar-refractivity contribution >= 4 is 0 Å². The molecule has 0 unspecified atom stereocenters. The molecular weight excluding hydrogens is 336 g/mol. The maximum absolute atomic E-state index is 8.36.